The molecule has 21 heavy (non-hydrogen) atoms. The van der Waals surface area contributed by atoms with E-state index in [1.165, 1.54) is 4.31 Å². The maximum Gasteiger partial charge on any atom is 0.235 e. The Labute approximate surface area is 125 Å². The van der Waals surface area contributed by atoms with Crippen LogP contribution in [0.1, 0.15) is 24.8 Å². The number of hydrogen-bond acceptors (Lipinski definition) is 4. The molecule has 0 radical (unpaired) electrons. The molecular formula is C13H18N2O4S2. The number of rotatable bonds is 4. The maximum absolute atomic E-state index is 12.0. The van der Waals surface area contributed by atoms with Crippen molar-refractivity contribution in [3.8, 4) is 0 Å². The lowest BCUT2D eigenvalue weighted by molar-refractivity contribution is 0.598. The lowest BCUT2D eigenvalue weighted by atomic mass is 10.2. The van der Waals surface area contributed by atoms with Gasteiger partial charge in [-0.1, -0.05) is 6.07 Å². The molecule has 3 rings (SSSR count). The van der Waals surface area contributed by atoms with Crippen LogP contribution in [0, 0.1) is 6.92 Å². The molecule has 1 N–H and O–H groups in total. The molecule has 0 unspecified atom stereocenters. The zero-order valence-corrected chi connectivity index (χ0v) is 13.4. The van der Waals surface area contributed by atoms with Gasteiger partial charge < -0.3 is 0 Å². The van der Waals surface area contributed by atoms with E-state index >= 15 is 0 Å². The molecule has 0 aromatic heterocycles. The Bertz CT molecular complexity index is 767. The molecule has 1 aliphatic carbocycles. The summed E-state index contributed by atoms with van der Waals surface area (Å²) in [7, 11) is -6.61. The number of aryl methyl sites for hydroxylation is 1. The van der Waals surface area contributed by atoms with Gasteiger partial charge in [0.2, 0.25) is 20.0 Å². The van der Waals surface area contributed by atoms with Gasteiger partial charge in [-0.15, -0.1) is 0 Å². The standard InChI is InChI=1S/C13H18N2O4S2/c1-10-3-4-11(15-7-2-8-20(15,16)17)9-13(10)14-21(18,19)12-5-6-12/h3-4,9,12,14H,2,5-8H2,1H3. The topological polar surface area (TPSA) is 83.6 Å². The van der Waals surface area contributed by atoms with Crippen LogP contribution in [0.4, 0.5) is 11.4 Å². The summed E-state index contributed by atoms with van der Waals surface area (Å²) in [6, 6.07) is 5.07. The SMILES string of the molecule is Cc1ccc(N2CCCS2(=O)=O)cc1NS(=O)(=O)C1CC1. The maximum atomic E-state index is 12.0. The highest BCUT2D eigenvalue weighted by molar-refractivity contribution is 7.93. The monoisotopic (exact) mass is 330 g/mol. The first-order valence-electron chi connectivity index (χ1n) is 6.92. The van der Waals surface area contributed by atoms with Gasteiger partial charge in [-0.3, -0.25) is 9.03 Å². The van der Waals surface area contributed by atoms with Gasteiger partial charge in [-0.05, 0) is 43.9 Å². The average molecular weight is 330 g/mol. The van der Waals surface area contributed by atoms with Gasteiger partial charge in [0.15, 0.2) is 0 Å². The van der Waals surface area contributed by atoms with Crippen molar-refractivity contribution in [2.45, 2.75) is 31.4 Å². The van der Waals surface area contributed by atoms with E-state index in [-0.39, 0.29) is 11.0 Å². The quantitative estimate of drug-likeness (QED) is 0.905. The highest BCUT2D eigenvalue weighted by atomic mass is 32.2. The summed E-state index contributed by atoms with van der Waals surface area (Å²) in [5, 5.41) is -0.309. The van der Waals surface area contributed by atoms with Crippen LogP contribution in [0.3, 0.4) is 0 Å². The van der Waals surface area contributed by atoms with Gasteiger partial charge >= 0.3 is 0 Å². The minimum Gasteiger partial charge on any atom is -0.283 e. The minimum absolute atomic E-state index is 0.143. The summed E-state index contributed by atoms with van der Waals surface area (Å²) in [6.45, 7) is 2.24. The summed E-state index contributed by atoms with van der Waals surface area (Å²) in [5.74, 6) is 0.143. The van der Waals surface area contributed by atoms with E-state index in [0.717, 1.165) is 5.56 Å². The molecule has 2 fully saturated rings. The summed E-state index contributed by atoms with van der Waals surface area (Å²) in [4.78, 5) is 0. The molecule has 1 saturated heterocycles. The third-order valence-electron chi connectivity index (χ3n) is 3.82. The molecule has 0 amide bonds. The van der Waals surface area contributed by atoms with E-state index in [2.05, 4.69) is 4.72 Å². The van der Waals surface area contributed by atoms with Crippen molar-refractivity contribution >= 4 is 31.4 Å². The second-order valence-corrected chi connectivity index (χ2v) is 9.56. The fourth-order valence-electron chi connectivity index (χ4n) is 2.42. The number of nitrogens with one attached hydrogen (secondary N) is 1. The molecule has 0 atom stereocenters. The van der Waals surface area contributed by atoms with Crippen LogP contribution in [0.5, 0.6) is 0 Å². The average Bonchev–Trinajstić information content (AvgIpc) is 3.17. The Morgan fingerprint density at radius 1 is 1.29 bits per heavy atom. The predicted octanol–water partition coefficient (Wildman–Crippen LogP) is 1.44. The molecule has 1 aliphatic heterocycles. The van der Waals surface area contributed by atoms with Crippen LogP contribution >= 0.6 is 0 Å². The van der Waals surface area contributed by atoms with E-state index in [9.17, 15) is 16.8 Å². The van der Waals surface area contributed by atoms with Crippen molar-refractivity contribution in [2.24, 2.45) is 0 Å². The van der Waals surface area contributed by atoms with Crippen molar-refractivity contribution < 1.29 is 16.8 Å². The zero-order chi connectivity index (χ0) is 15.3. The summed E-state index contributed by atoms with van der Waals surface area (Å²) < 4.78 is 51.9. The molecule has 8 heteroatoms. The molecule has 1 saturated carbocycles. The Hall–Kier alpha value is -1.28. The van der Waals surface area contributed by atoms with Crippen LogP contribution in [-0.4, -0.2) is 34.4 Å². The molecule has 0 bridgehead atoms. The van der Waals surface area contributed by atoms with Crippen molar-refractivity contribution in [3.63, 3.8) is 0 Å². The lowest BCUT2D eigenvalue weighted by Gasteiger charge is -2.19. The first kappa shape index (κ1) is 14.6. The van der Waals surface area contributed by atoms with Crippen LogP contribution in [0.25, 0.3) is 0 Å². The molecule has 1 aromatic rings. The summed E-state index contributed by atoms with van der Waals surface area (Å²) in [6.07, 6.45) is 1.97. The van der Waals surface area contributed by atoms with E-state index in [1.807, 2.05) is 0 Å². The number of benzene rings is 1. The molecule has 116 valence electrons. The van der Waals surface area contributed by atoms with Crippen molar-refractivity contribution in [1.29, 1.82) is 0 Å². The molecule has 1 aromatic carbocycles. The molecule has 1 heterocycles. The van der Waals surface area contributed by atoms with Crippen LogP contribution < -0.4 is 9.03 Å². The van der Waals surface area contributed by atoms with E-state index in [1.54, 1.807) is 25.1 Å². The van der Waals surface area contributed by atoms with Gasteiger partial charge in [0.25, 0.3) is 0 Å². The Kier molecular flexibility index (Phi) is 3.40. The first-order chi connectivity index (χ1) is 9.79. The minimum atomic E-state index is -3.35. The Balaban J connectivity index is 1.93. The fourth-order valence-corrected chi connectivity index (χ4v) is 5.43. The summed E-state index contributed by atoms with van der Waals surface area (Å²) >= 11 is 0. The third kappa shape index (κ3) is 2.87. The number of anilines is 2. The van der Waals surface area contributed by atoms with E-state index in [4.69, 9.17) is 0 Å². The molecular weight excluding hydrogens is 312 g/mol. The van der Waals surface area contributed by atoms with E-state index < -0.39 is 20.0 Å². The van der Waals surface area contributed by atoms with Gasteiger partial charge in [0.05, 0.1) is 22.4 Å². The molecule has 2 aliphatic rings. The highest BCUT2D eigenvalue weighted by Gasteiger charge is 2.36. The molecule has 0 spiro atoms. The zero-order valence-electron chi connectivity index (χ0n) is 11.7. The molecule has 6 nitrogen and oxygen atoms in total. The fraction of sp³-hybridized carbons (Fsp3) is 0.538. The van der Waals surface area contributed by atoms with Gasteiger partial charge in [0, 0.05) is 6.54 Å². The second-order valence-electron chi connectivity index (χ2n) is 5.59. The largest absolute Gasteiger partial charge is 0.283 e. The van der Waals surface area contributed by atoms with Crippen LogP contribution in [0.2, 0.25) is 0 Å². The van der Waals surface area contributed by atoms with Gasteiger partial charge in [0.1, 0.15) is 0 Å². The number of sulfonamides is 2. The lowest BCUT2D eigenvalue weighted by Crippen LogP contribution is -2.25. The van der Waals surface area contributed by atoms with Gasteiger partial charge in [-0.2, -0.15) is 0 Å². The van der Waals surface area contributed by atoms with Crippen molar-refractivity contribution in [1.82, 2.24) is 0 Å². The number of hydrogen-bond donors (Lipinski definition) is 1. The Morgan fingerprint density at radius 3 is 2.57 bits per heavy atom. The van der Waals surface area contributed by atoms with Crippen LogP contribution in [0.15, 0.2) is 18.2 Å². The smallest absolute Gasteiger partial charge is 0.235 e. The third-order valence-corrected chi connectivity index (χ3v) is 7.55. The van der Waals surface area contributed by atoms with Crippen molar-refractivity contribution in [3.05, 3.63) is 23.8 Å². The van der Waals surface area contributed by atoms with Crippen LogP contribution in [-0.2, 0) is 20.0 Å². The summed E-state index contributed by atoms with van der Waals surface area (Å²) in [5.41, 5.74) is 1.76. The Morgan fingerprint density at radius 2 is 2.00 bits per heavy atom. The van der Waals surface area contributed by atoms with Crippen molar-refractivity contribution in [2.75, 3.05) is 21.3 Å². The second kappa shape index (κ2) is 4.88. The predicted molar refractivity (Wildman–Crippen MR) is 82.5 cm³/mol. The van der Waals surface area contributed by atoms with E-state index in [0.29, 0.717) is 37.2 Å². The normalized spacial score (nSPS) is 21.5. The first-order valence-corrected chi connectivity index (χ1v) is 10.1. The van der Waals surface area contributed by atoms with Gasteiger partial charge in [-0.25, -0.2) is 16.8 Å². The highest BCUT2D eigenvalue weighted by Crippen LogP contribution is 2.33. The number of nitrogens with zero attached hydrogens (tertiary/aromatic N) is 1.